The maximum atomic E-state index is 13.9. The summed E-state index contributed by atoms with van der Waals surface area (Å²) in [6, 6.07) is 0.594. The van der Waals surface area contributed by atoms with E-state index in [1.54, 1.807) is 0 Å². The molecule has 0 aromatic heterocycles. The molecule has 0 aliphatic rings. The van der Waals surface area contributed by atoms with E-state index in [4.69, 9.17) is 14.6 Å². The fourth-order valence-electron chi connectivity index (χ4n) is 1.69. The van der Waals surface area contributed by atoms with E-state index in [0.29, 0.717) is 6.07 Å². The van der Waals surface area contributed by atoms with Crippen LogP contribution in [0.3, 0.4) is 0 Å². The predicted molar refractivity (Wildman–Crippen MR) is 65.2 cm³/mol. The summed E-state index contributed by atoms with van der Waals surface area (Å²) in [7, 11) is -1.80. The van der Waals surface area contributed by atoms with Gasteiger partial charge in [-0.15, -0.1) is 0 Å². The molecule has 0 radical (unpaired) electrons. The van der Waals surface area contributed by atoms with Crippen LogP contribution in [0.15, 0.2) is 11.0 Å². The normalized spacial score (nSPS) is 12.8. The Morgan fingerprint density at radius 3 is 2.15 bits per heavy atom. The zero-order valence-electron chi connectivity index (χ0n) is 10.9. The van der Waals surface area contributed by atoms with Gasteiger partial charge in [0.25, 0.3) is 0 Å². The van der Waals surface area contributed by atoms with E-state index >= 15 is 0 Å². The van der Waals surface area contributed by atoms with Crippen LogP contribution in [0.2, 0.25) is 0 Å². The third kappa shape index (κ3) is 2.83. The number of hydrogen-bond acceptors (Lipinski definition) is 6. The molecule has 0 fully saturated rings. The Morgan fingerprint density at radius 2 is 1.80 bits per heavy atom. The van der Waals surface area contributed by atoms with Crippen molar-refractivity contribution in [2.45, 2.75) is 11.0 Å². The minimum Gasteiger partial charge on any atom is -0.492 e. The van der Waals surface area contributed by atoms with E-state index in [1.807, 2.05) is 0 Å². The van der Waals surface area contributed by atoms with E-state index in [1.165, 1.54) is 0 Å². The molecular weight excluding hydrogens is 295 g/mol. The molecule has 9 heteroatoms. The molecule has 0 heterocycles. The van der Waals surface area contributed by atoms with Crippen molar-refractivity contribution in [3.63, 3.8) is 0 Å². The first-order valence-corrected chi connectivity index (χ1v) is 7.09. The number of rotatable bonds is 5. The van der Waals surface area contributed by atoms with Crippen LogP contribution in [-0.4, -0.2) is 45.1 Å². The molecule has 112 valence electrons. The summed E-state index contributed by atoms with van der Waals surface area (Å²) in [5.74, 6) is -3.73. The van der Waals surface area contributed by atoms with Gasteiger partial charge in [0, 0.05) is 11.8 Å². The Balaban J connectivity index is 3.78. The Morgan fingerprint density at radius 1 is 1.30 bits per heavy atom. The van der Waals surface area contributed by atoms with Gasteiger partial charge in [-0.1, -0.05) is 0 Å². The Bertz CT molecular complexity index is 639. The summed E-state index contributed by atoms with van der Waals surface area (Å²) in [6.45, 7) is 0. The molecule has 0 amide bonds. The highest BCUT2D eigenvalue weighted by atomic mass is 32.2. The third-order valence-corrected chi connectivity index (χ3v) is 3.60. The number of benzene rings is 1. The summed E-state index contributed by atoms with van der Waals surface area (Å²) in [4.78, 5) is 10.0. The average Bonchev–Trinajstić information content (AvgIpc) is 2.34. The van der Waals surface area contributed by atoms with E-state index in [-0.39, 0.29) is 5.75 Å². The van der Waals surface area contributed by atoms with Gasteiger partial charge in [-0.3, -0.25) is 0 Å². The van der Waals surface area contributed by atoms with Crippen LogP contribution in [0.25, 0.3) is 0 Å². The van der Waals surface area contributed by atoms with Gasteiger partial charge in [0.2, 0.25) is 0 Å². The van der Waals surface area contributed by atoms with E-state index in [0.717, 1.165) is 20.5 Å². The average molecular weight is 308 g/mol. The lowest BCUT2D eigenvalue weighted by atomic mass is 10.1. The van der Waals surface area contributed by atoms with Crippen LogP contribution >= 0.6 is 0 Å². The lowest BCUT2D eigenvalue weighted by Crippen LogP contribution is -2.15. The van der Waals surface area contributed by atoms with Gasteiger partial charge in [-0.05, 0) is 6.07 Å². The number of aliphatic hydroxyl groups excluding tert-OH is 1. The largest absolute Gasteiger partial charge is 0.492 e. The van der Waals surface area contributed by atoms with Crippen molar-refractivity contribution in [1.29, 1.82) is 0 Å². The zero-order chi connectivity index (χ0) is 15.7. The van der Waals surface area contributed by atoms with Crippen LogP contribution in [-0.2, 0) is 14.6 Å². The molecule has 0 saturated heterocycles. The molecule has 0 aliphatic carbocycles. The maximum absolute atomic E-state index is 13.9. The zero-order valence-corrected chi connectivity index (χ0v) is 11.7. The molecule has 1 atom stereocenters. The lowest BCUT2D eigenvalue weighted by molar-refractivity contribution is -0.147. The number of aliphatic hydroxyl groups is 1. The second-order valence-corrected chi connectivity index (χ2v) is 5.81. The third-order valence-electron chi connectivity index (χ3n) is 2.48. The molecule has 0 bridgehead atoms. The van der Waals surface area contributed by atoms with Gasteiger partial charge < -0.3 is 19.7 Å². The number of hydrogen-bond donors (Lipinski definition) is 2. The van der Waals surface area contributed by atoms with E-state index in [2.05, 4.69) is 0 Å². The fourth-order valence-corrected chi connectivity index (χ4v) is 2.61. The number of sulfone groups is 1. The smallest absolute Gasteiger partial charge is 0.337 e. The summed E-state index contributed by atoms with van der Waals surface area (Å²) >= 11 is 0. The monoisotopic (exact) mass is 308 g/mol. The molecule has 2 N–H and O–H groups in total. The topological polar surface area (TPSA) is 110 Å². The summed E-state index contributed by atoms with van der Waals surface area (Å²) in [5, 5.41) is 18.2. The molecule has 1 aromatic carbocycles. The number of carbonyl (C=O) groups is 1. The van der Waals surface area contributed by atoms with Crippen LogP contribution < -0.4 is 9.47 Å². The highest BCUT2D eigenvalue weighted by Gasteiger charge is 2.31. The minimum atomic E-state index is -3.98. The fraction of sp³-hybridized carbons (Fsp3) is 0.364. The predicted octanol–water partition coefficient (Wildman–Crippen LogP) is 0.364. The van der Waals surface area contributed by atoms with Gasteiger partial charge in [0.05, 0.1) is 14.2 Å². The highest BCUT2D eigenvalue weighted by molar-refractivity contribution is 7.90. The first-order valence-electron chi connectivity index (χ1n) is 5.20. The van der Waals surface area contributed by atoms with Crippen molar-refractivity contribution in [1.82, 2.24) is 0 Å². The van der Waals surface area contributed by atoms with Crippen molar-refractivity contribution < 1.29 is 37.3 Å². The van der Waals surface area contributed by atoms with Crippen molar-refractivity contribution in [2.75, 3.05) is 20.5 Å². The quantitative estimate of drug-likeness (QED) is 0.808. The maximum Gasteiger partial charge on any atom is 0.337 e. The van der Waals surface area contributed by atoms with Crippen LogP contribution in [0.1, 0.15) is 11.7 Å². The molecule has 0 saturated carbocycles. The summed E-state index contributed by atoms with van der Waals surface area (Å²) < 4.78 is 46.7. The molecule has 7 nitrogen and oxygen atoms in total. The standard InChI is InChI=1S/C11H13FO7S/c1-18-8-5(7(13)11(14)15)4-6(12)10(9(8)19-2)20(3,16)17/h4,7,13H,1-3H3,(H,14,15). The van der Waals surface area contributed by atoms with Gasteiger partial charge in [-0.2, -0.15) is 0 Å². The van der Waals surface area contributed by atoms with Crippen LogP contribution in [0, 0.1) is 5.82 Å². The summed E-state index contributed by atoms with van der Waals surface area (Å²) in [5.41, 5.74) is -0.443. The Labute approximate surface area is 114 Å². The van der Waals surface area contributed by atoms with E-state index in [9.17, 15) is 22.7 Å². The van der Waals surface area contributed by atoms with Crippen molar-refractivity contribution >= 4 is 15.8 Å². The molecule has 1 aromatic rings. The van der Waals surface area contributed by atoms with Gasteiger partial charge in [0.15, 0.2) is 27.4 Å². The molecule has 0 aliphatic heterocycles. The number of carboxylic acids is 1. The second kappa shape index (κ2) is 5.63. The van der Waals surface area contributed by atoms with Gasteiger partial charge in [0.1, 0.15) is 10.7 Å². The molecular formula is C11H13FO7S. The number of aliphatic carboxylic acids is 1. The van der Waals surface area contributed by atoms with Gasteiger partial charge in [-0.25, -0.2) is 17.6 Å². The van der Waals surface area contributed by atoms with Gasteiger partial charge >= 0.3 is 5.97 Å². The SMILES string of the molecule is COc1c(C(O)C(=O)O)cc(F)c(S(C)(=O)=O)c1OC. The highest BCUT2D eigenvalue weighted by Crippen LogP contribution is 2.41. The molecule has 1 rings (SSSR count). The Kier molecular flexibility index (Phi) is 4.56. The Hall–Kier alpha value is -1.87. The molecule has 20 heavy (non-hydrogen) atoms. The van der Waals surface area contributed by atoms with Crippen LogP contribution in [0.5, 0.6) is 11.5 Å². The number of halogens is 1. The van der Waals surface area contributed by atoms with Crippen LogP contribution in [0.4, 0.5) is 4.39 Å². The minimum absolute atomic E-state index is 0.357. The number of methoxy groups -OCH3 is 2. The summed E-state index contributed by atoms with van der Waals surface area (Å²) in [6.07, 6.45) is -1.32. The van der Waals surface area contributed by atoms with Crippen molar-refractivity contribution in [2.24, 2.45) is 0 Å². The first-order chi connectivity index (χ1) is 9.15. The van der Waals surface area contributed by atoms with Crippen molar-refractivity contribution in [3.05, 3.63) is 17.4 Å². The lowest BCUT2D eigenvalue weighted by Gasteiger charge is -2.17. The number of ether oxygens (including phenoxy) is 2. The number of carboxylic acid groups (broad SMARTS) is 1. The van der Waals surface area contributed by atoms with E-state index < -0.39 is 43.9 Å². The first kappa shape index (κ1) is 16.2. The second-order valence-electron chi connectivity index (χ2n) is 3.86. The van der Waals surface area contributed by atoms with Crippen molar-refractivity contribution in [3.8, 4) is 11.5 Å². The molecule has 1 unspecified atom stereocenters. The molecule has 0 spiro atoms.